The quantitative estimate of drug-likeness (QED) is 0.760. The smallest absolute Gasteiger partial charge is 0.151 e. The van der Waals surface area contributed by atoms with Crippen LogP contribution in [0.1, 0.15) is 38.8 Å². The van der Waals surface area contributed by atoms with Crippen LogP contribution in [0.3, 0.4) is 0 Å². The van der Waals surface area contributed by atoms with Crippen LogP contribution in [0.5, 0.6) is 0 Å². The fourth-order valence-corrected chi connectivity index (χ4v) is 2.59. The Kier molecular flexibility index (Phi) is 3.64. The van der Waals surface area contributed by atoms with Crippen molar-refractivity contribution < 1.29 is 0 Å². The summed E-state index contributed by atoms with van der Waals surface area (Å²) in [5.41, 5.74) is 0.838. The van der Waals surface area contributed by atoms with Gasteiger partial charge in [-0.15, -0.1) is 16.7 Å². The average molecular weight is 240 g/mol. The predicted octanol–water partition coefficient (Wildman–Crippen LogP) is 2.98. The molecule has 1 aliphatic heterocycles. The lowest BCUT2D eigenvalue weighted by Gasteiger charge is -2.28. The topological polar surface area (TPSA) is 29.0 Å². The number of hydrogen-bond acceptors (Lipinski definition) is 3. The molecule has 0 radical (unpaired) electrons. The van der Waals surface area contributed by atoms with Gasteiger partial charge in [0.05, 0.1) is 11.6 Å². The van der Waals surface area contributed by atoms with Crippen LogP contribution in [0.15, 0.2) is 12.1 Å². The van der Waals surface area contributed by atoms with Crippen molar-refractivity contribution in [2.75, 3.05) is 4.90 Å². The second-order valence-corrected chi connectivity index (χ2v) is 4.68. The van der Waals surface area contributed by atoms with Gasteiger partial charge in [-0.25, -0.2) is 0 Å². The Morgan fingerprint density at radius 3 is 2.75 bits per heavy atom. The van der Waals surface area contributed by atoms with E-state index in [0.29, 0.717) is 18.0 Å². The number of rotatable bonds is 3. The number of aromatic nitrogens is 2. The molecule has 0 saturated carbocycles. The van der Waals surface area contributed by atoms with Gasteiger partial charge in [0.2, 0.25) is 0 Å². The van der Waals surface area contributed by atoms with Gasteiger partial charge >= 0.3 is 0 Å². The summed E-state index contributed by atoms with van der Waals surface area (Å²) in [5, 5.41) is 8.39. The summed E-state index contributed by atoms with van der Waals surface area (Å²) in [5.74, 6) is 1.42. The molecular weight excluding hydrogens is 222 g/mol. The molecule has 0 spiro atoms. The van der Waals surface area contributed by atoms with Crippen molar-refractivity contribution >= 4 is 17.4 Å². The molecule has 0 amide bonds. The zero-order chi connectivity index (χ0) is 11.5. The number of anilines is 1. The van der Waals surface area contributed by atoms with Crippen molar-refractivity contribution in [3.63, 3.8) is 0 Å². The van der Waals surface area contributed by atoms with E-state index in [9.17, 15) is 0 Å². The summed E-state index contributed by atoms with van der Waals surface area (Å²) in [6, 6.07) is 5.19. The highest BCUT2D eigenvalue weighted by atomic mass is 35.5. The summed E-state index contributed by atoms with van der Waals surface area (Å²) in [6.07, 6.45) is 3.68. The van der Waals surface area contributed by atoms with Gasteiger partial charge in [0, 0.05) is 12.1 Å². The summed E-state index contributed by atoms with van der Waals surface area (Å²) < 4.78 is 0. The minimum atomic E-state index is 0.431. The Balaban J connectivity index is 2.21. The van der Waals surface area contributed by atoms with E-state index < -0.39 is 0 Å². The average Bonchev–Trinajstić information content (AvgIpc) is 2.70. The van der Waals surface area contributed by atoms with Crippen molar-refractivity contribution in [2.45, 2.75) is 51.1 Å². The van der Waals surface area contributed by atoms with E-state index in [1.807, 2.05) is 12.1 Å². The molecule has 1 fully saturated rings. The van der Waals surface area contributed by atoms with Crippen LogP contribution < -0.4 is 4.90 Å². The van der Waals surface area contributed by atoms with Crippen molar-refractivity contribution in [1.29, 1.82) is 0 Å². The van der Waals surface area contributed by atoms with Crippen LogP contribution in [-0.4, -0.2) is 22.3 Å². The largest absolute Gasteiger partial charge is 0.349 e. The first kappa shape index (κ1) is 11.6. The maximum atomic E-state index is 5.71. The Hall–Kier alpha value is -0.830. The Bertz CT molecular complexity index is 339. The highest BCUT2D eigenvalue weighted by Gasteiger charge is 2.30. The van der Waals surface area contributed by atoms with Crippen LogP contribution in [-0.2, 0) is 5.88 Å². The lowest BCUT2D eigenvalue weighted by Crippen LogP contribution is -2.34. The normalized spacial score (nSPS) is 25.1. The van der Waals surface area contributed by atoms with Crippen LogP contribution in [0, 0.1) is 0 Å². The highest BCUT2D eigenvalue weighted by Crippen LogP contribution is 2.30. The molecule has 88 valence electrons. The van der Waals surface area contributed by atoms with Crippen LogP contribution in [0.4, 0.5) is 5.82 Å². The van der Waals surface area contributed by atoms with E-state index >= 15 is 0 Å². The van der Waals surface area contributed by atoms with Gasteiger partial charge in [-0.1, -0.05) is 6.92 Å². The second kappa shape index (κ2) is 5.00. The molecule has 1 aromatic rings. The molecule has 2 unspecified atom stereocenters. The predicted molar refractivity (Wildman–Crippen MR) is 66.8 cm³/mol. The summed E-state index contributed by atoms with van der Waals surface area (Å²) in [4.78, 5) is 2.39. The lowest BCUT2D eigenvalue weighted by atomic mass is 10.1. The van der Waals surface area contributed by atoms with Gasteiger partial charge in [0.1, 0.15) is 0 Å². The highest BCUT2D eigenvalue weighted by molar-refractivity contribution is 6.16. The number of nitrogens with zero attached hydrogens (tertiary/aromatic N) is 3. The fraction of sp³-hybridized carbons (Fsp3) is 0.667. The maximum absolute atomic E-state index is 5.71. The summed E-state index contributed by atoms with van der Waals surface area (Å²) in [6.45, 7) is 4.49. The van der Waals surface area contributed by atoms with Crippen LogP contribution in [0.25, 0.3) is 0 Å². The number of hydrogen-bond donors (Lipinski definition) is 0. The molecule has 16 heavy (non-hydrogen) atoms. The summed E-state index contributed by atoms with van der Waals surface area (Å²) >= 11 is 5.71. The van der Waals surface area contributed by atoms with Crippen LogP contribution >= 0.6 is 11.6 Å². The molecule has 0 aromatic carbocycles. The zero-order valence-electron chi connectivity index (χ0n) is 9.86. The molecule has 2 atom stereocenters. The Morgan fingerprint density at radius 2 is 2.19 bits per heavy atom. The lowest BCUT2D eigenvalue weighted by molar-refractivity contribution is 0.616. The Labute approximate surface area is 102 Å². The molecule has 2 rings (SSSR count). The van der Waals surface area contributed by atoms with Gasteiger partial charge in [0.15, 0.2) is 5.82 Å². The van der Waals surface area contributed by atoms with Gasteiger partial charge in [0.25, 0.3) is 0 Å². The van der Waals surface area contributed by atoms with E-state index in [-0.39, 0.29) is 0 Å². The number of halogens is 1. The van der Waals surface area contributed by atoms with Crippen molar-refractivity contribution in [1.82, 2.24) is 10.2 Å². The fourth-order valence-electron chi connectivity index (χ4n) is 2.45. The third-order valence-corrected chi connectivity index (χ3v) is 3.64. The zero-order valence-corrected chi connectivity index (χ0v) is 10.6. The first-order valence-electron chi connectivity index (χ1n) is 5.93. The van der Waals surface area contributed by atoms with Gasteiger partial charge in [-0.2, -0.15) is 5.10 Å². The minimum absolute atomic E-state index is 0.431. The van der Waals surface area contributed by atoms with Crippen LogP contribution in [0.2, 0.25) is 0 Å². The molecule has 4 heteroatoms. The first-order valence-corrected chi connectivity index (χ1v) is 6.46. The minimum Gasteiger partial charge on any atom is -0.349 e. The number of alkyl halides is 1. The van der Waals surface area contributed by atoms with Crippen molar-refractivity contribution in [3.05, 3.63) is 17.8 Å². The third-order valence-electron chi connectivity index (χ3n) is 3.36. The molecular formula is C12H18ClN3. The van der Waals surface area contributed by atoms with E-state index in [2.05, 4.69) is 28.9 Å². The molecule has 1 aliphatic rings. The van der Waals surface area contributed by atoms with E-state index in [0.717, 1.165) is 11.5 Å². The first-order chi connectivity index (χ1) is 7.76. The molecule has 2 heterocycles. The van der Waals surface area contributed by atoms with Gasteiger partial charge in [-0.05, 0) is 38.3 Å². The molecule has 1 aromatic heterocycles. The second-order valence-electron chi connectivity index (χ2n) is 4.41. The molecule has 0 aliphatic carbocycles. The van der Waals surface area contributed by atoms with E-state index in [4.69, 9.17) is 11.6 Å². The molecule has 1 saturated heterocycles. The molecule has 0 N–H and O–H groups in total. The van der Waals surface area contributed by atoms with Gasteiger partial charge < -0.3 is 4.90 Å². The molecule has 3 nitrogen and oxygen atoms in total. The van der Waals surface area contributed by atoms with E-state index in [1.54, 1.807) is 0 Å². The Morgan fingerprint density at radius 1 is 1.38 bits per heavy atom. The standard InChI is InChI=1S/C12H18ClN3/c1-3-11-6-4-9(2)16(11)12-7-5-10(8-13)14-15-12/h5,7,9,11H,3-4,6,8H2,1-2H3. The molecule has 0 bridgehead atoms. The van der Waals surface area contributed by atoms with Crippen molar-refractivity contribution in [2.24, 2.45) is 0 Å². The summed E-state index contributed by atoms with van der Waals surface area (Å²) in [7, 11) is 0. The maximum Gasteiger partial charge on any atom is 0.151 e. The third kappa shape index (κ3) is 2.14. The van der Waals surface area contributed by atoms with E-state index in [1.165, 1.54) is 19.3 Å². The monoisotopic (exact) mass is 239 g/mol. The van der Waals surface area contributed by atoms with Crippen molar-refractivity contribution in [3.8, 4) is 0 Å². The SMILES string of the molecule is CCC1CCC(C)N1c1ccc(CCl)nn1. The van der Waals surface area contributed by atoms with Gasteiger partial charge in [-0.3, -0.25) is 0 Å².